The molecule has 0 bridgehead atoms. The van der Waals surface area contributed by atoms with Gasteiger partial charge in [-0.25, -0.2) is 0 Å². The molecular formula is C16H19F2NO3S. The number of hydrogen-bond acceptors (Lipinski definition) is 4. The molecule has 0 N–H and O–H groups in total. The second-order valence-corrected chi connectivity index (χ2v) is 6.64. The minimum Gasteiger partial charge on any atom is -0.348 e. The number of carbonyl (C=O) groups excluding carboxylic acids is 1. The minimum atomic E-state index is -2.46. The number of nitrogens with zero attached hydrogens (tertiary/aromatic N) is 1. The third-order valence-corrected chi connectivity index (χ3v) is 4.82. The Bertz CT molecular complexity index is 535. The predicted octanol–water partition coefficient (Wildman–Crippen LogP) is 3.37. The largest absolute Gasteiger partial charge is 0.348 e. The van der Waals surface area contributed by atoms with E-state index >= 15 is 0 Å². The van der Waals surface area contributed by atoms with E-state index in [4.69, 9.17) is 9.47 Å². The van der Waals surface area contributed by atoms with Crippen LogP contribution in [0.15, 0.2) is 29.2 Å². The van der Waals surface area contributed by atoms with Crippen LogP contribution in [-0.4, -0.2) is 48.7 Å². The van der Waals surface area contributed by atoms with Gasteiger partial charge in [0.25, 0.3) is 11.7 Å². The topological polar surface area (TPSA) is 38.8 Å². The summed E-state index contributed by atoms with van der Waals surface area (Å²) in [6.07, 6.45) is 2.50. The first-order valence-electron chi connectivity index (χ1n) is 7.74. The molecule has 2 aliphatic heterocycles. The van der Waals surface area contributed by atoms with Crippen LogP contribution in [0.5, 0.6) is 0 Å². The lowest BCUT2D eigenvalue weighted by atomic mass is 10.00. The van der Waals surface area contributed by atoms with Crippen LogP contribution in [0.3, 0.4) is 0 Å². The average molecular weight is 343 g/mol. The molecule has 126 valence electrons. The summed E-state index contributed by atoms with van der Waals surface area (Å²) in [5, 5.41) is 0. The van der Waals surface area contributed by atoms with Gasteiger partial charge in [0, 0.05) is 17.0 Å². The molecule has 23 heavy (non-hydrogen) atoms. The molecule has 2 fully saturated rings. The molecule has 2 aliphatic rings. The molecule has 2 heterocycles. The van der Waals surface area contributed by atoms with E-state index in [1.807, 2.05) is 0 Å². The number of likely N-dealkylation sites (tertiary alicyclic amines) is 1. The van der Waals surface area contributed by atoms with E-state index in [1.54, 1.807) is 29.2 Å². The summed E-state index contributed by atoms with van der Waals surface area (Å²) < 4.78 is 35.8. The molecule has 0 radical (unpaired) electrons. The summed E-state index contributed by atoms with van der Waals surface area (Å²) in [4.78, 5) is 15.0. The van der Waals surface area contributed by atoms with E-state index in [0.29, 0.717) is 42.0 Å². The van der Waals surface area contributed by atoms with Crippen LogP contribution in [0.2, 0.25) is 0 Å². The Balaban J connectivity index is 1.71. The molecule has 0 aromatic heterocycles. The van der Waals surface area contributed by atoms with Crippen molar-refractivity contribution in [3.63, 3.8) is 0 Å². The maximum atomic E-state index is 12.8. The van der Waals surface area contributed by atoms with Crippen molar-refractivity contribution in [3.05, 3.63) is 29.8 Å². The molecule has 1 aromatic carbocycles. The third kappa shape index (κ3) is 4.02. The maximum Gasteiger partial charge on any atom is 0.288 e. The Morgan fingerprint density at radius 1 is 1.17 bits per heavy atom. The molecule has 0 saturated carbocycles. The third-order valence-electron chi connectivity index (χ3n) is 4.10. The van der Waals surface area contributed by atoms with Crippen LogP contribution in [0, 0.1) is 0 Å². The van der Waals surface area contributed by atoms with Gasteiger partial charge in [-0.1, -0.05) is 11.8 Å². The number of amides is 1. The zero-order valence-corrected chi connectivity index (χ0v) is 13.4. The summed E-state index contributed by atoms with van der Waals surface area (Å²) in [5.74, 6) is -2.55. The summed E-state index contributed by atoms with van der Waals surface area (Å²) in [6.45, 7) is 1.78. The fraction of sp³-hybridized carbons (Fsp3) is 0.562. The van der Waals surface area contributed by atoms with Crippen molar-refractivity contribution in [2.75, 3.05) is 19.8 Å². The number of rotatable bonds is 4. The summed E-state index contributed by atoms with van der Waals surface area (Å²) in [7, 11) is 0. The number of benzene rings is 1. The SMILES string of the molecule is O=C(c1ccc(SC(F)F)cc1)N1CCCCC1C1OCCO1. The van der Waals surface area contributed by atoms with Gasteiger partial charge in [0.05, 0.1) is 19.3 Å². The fourth-order valence-corrected chi connectivity index (χ4v) is 3.53. The van der Waals surface area contributed by atoms with Crippen LogP contribution in [0.25, 0.3) is 0 Å². The fourth-order valence-electron chi connectivity index (χ4n) is 3.04. The highest BCUT2D eigenvalue weighted by Gasteiger charge is 2.36. The standard InChI is InChI=1S/C16H19F2NO3S/c17-16(18)23-12-6-4-11(5-7-12)14(20)19-8-2-1-3-13(19)15-21-9-10-22-15/h4-7,13,15-16H,1-3,8-10H2. The molecular weight excluding hydrogens is 324 g/mol. The van der Waals surface area contributed by atoms with E-state index in [-0.39, 0.29) is 18.2 Å². The van der Waals surface area contributed by atoms with Crippen molar-refractivity contribution in [3.8, 4) is 0 Å². The molecule has 7 heteroatoms. The van der Waals surface area contributed by atoms with E-state index in [9.17, 15) is 13.6 Å². The minimum absolute atomic E-state index is 0.0751. The van der Waals surface area contributed by atoms with Gasteiger partial charge < -0.3 is 14.4 Å². The second-order valence-electron chi connectivity index (χ2n) is 5.57. The molecule has 1 amide bonds. The highest BCUT2D eigenvalue weighted by atomic mass is 32.2. The Hall–Kier alpha value is -1.18. The van der Waals surface area contributed by atoms with Crippen molar-refractivity contribution < 1.29 is 23.0 Å². The Kier molecular flexibility index (Phi) is 5.50. The zero-order chi connectivity index (χ0) is 16.2. The van der Waals surface area contributed by atoms with Crippen LogP contribution in [-0.2, 0) is 9.47 Å². The van der Waals surface area contributed by atoms with Crippen molar-refractivity contribution in [2.24, 2.45) is 0 Å². The monoisotopic (exact) mass is 343 g/mol. The van der Waals surface area contributed by atoms with Crippen LogP contribution in [0.1, 0.15) is 29.6 Å². The molecule has 3 rings (SSSR count). The number of thioether (sulfide) groups is 1. The van der Waals surface area contributed by atoms with Crippen molar-refractivity contribution in [1.29, 1.82) is 0 Å². The molecule has 0 spiro atoms. The van der Waals surface area contributed by atoms with E-state index in [1.165, 1.54) is 0 Å². The quantitative estimate of drug-likeness (QED) is 0.786. The van der Waals surface area contributed by atoms with E-state index in [0.717, 1.165) is 19.3 Å². The van der Waals surface area contributed by atoms with Gasteiger partial charge in [0.15, 0.2) is 6.29 Å². The van der Waals surface area contributed by atoms with Crippen LogP contribution in [0.4, 0.5) is 8.78 Å². The van der Waals surface area contributed by atoms with Gasteiger partial charge in [-0.15, -0.1) is 0 Å². The summed E-state index contributed by atoms with van der Waals surface area (Å²) in [6, 6.07) is 6.26. The lowest BCUT2D eigenvalue weighted by Crippen LogP contribution is -2.50. The number of alkyl halides is 2. The van der Waals surface area contributed by atoms with Crippen molar-refractivity contribution >= 4 is 17.7 Å². The van der Waals surface area contributed by atoms with Gasteiger partial charge in [-0.2, -0.15) is 8.78 Å². The molecule has 2 saturated heterocycles. The Labute approximate surface area is 138 Å². The number of carbonyl (C=O) groups is 1. The molecule has 4 nitrogen and oxygen atoms in total. The molecule has 1 atom stereocenters. The number of piperidine rings is 1. The van der Waals surface area contributed by atoms with Crippen LogP contribution >= 0.6 is 11.8 Å². The van der Waals surface area contributed by atoms with Gasteiger partial charge in [-0.05, 0) is 43.5 Å². The highest BCUT2D eigenvalue weighted by Crippen LogP contribution is 2.28. The smallest absolute Gasteiger partial charge is 0.288 e. The molecule has 0 aliphatic carbocycles. The van der Waals surface area contributed by atoms with Gasteiger partial charge >= 0.3 is 0 Å². The molecule has 1 aromatic rings. The predicted molar refractivity (Wildman–Crippen MR) is 82.7 cm³/mol. The normalized spacial score (nSPS) is 22.7. The second kappa shape index (κ2) is 7.59. The lowest BCUT2D eigenvalue weighted by molar-refractivity contribution is -0.100. The van der Waals surface area contributed by atoms with Crippen LogP contribution < -0.4 is 0 Å². The first-order valence-corrected chi connectivity index (χ1v) is 8.62. The zero-order valence-electron chi connectivity index (χ0n) is 12.6. The van der Waals surface area contributed by atoms with Crippen molar-refractivity contribution in [2.45, 2.75) is 42.2 Å². The average Bonchev–Trinajstić information content (AvgIpc) is 3.09. The highest BCUT2D eigenvalue weighted by molar-refractivity contribution is 7.99. The number of halogens is 2. The van der Waals surface area contributed by atoms with Gasteiger partial charge in [0.2, 0.25) is 0 Å². The summed E-state index contributed by atoms with van der Waals surface area (Å²) in [5.41, 5.74) is 0.508. The Morgan fingerprint density at radius 2 is 1.87 bits per heavy atom. The van der Waals surface area contributed by atoms with Gasteiger partial charge in [0.1, 0.15) is 0 Å². The Morgan fingerprint density at radius 3 is 2.52 bits per heavy atom. The maximum absolute atomic E-state index is 12.8. The summed E-state index contributed by atoms with van der Waals surface area (Å²) >= 11 is 0.477. The molecule has 1 unspecified atom stereocenters. The number of ether oxygens (including phenoxy) is 2. The van der Waals surface area contributed by atoms with E-state index in [2.05, 4.69) is 0 Å². The van der Waals surface area contributed by atoms with Crippen molar-refractivity contribution in [1.82, 2.24) is 4.90 Å². The van der Waals surface area contributed by atoms with Gasteiger partial charge in [-0.3, -0.25) is 4.79 Å². The first kappa shape index (κ1) is 16.7. The first-order chi connectivity index (χ1) is 11.1. The number of hydrogen-bond donors (Lipinski definition) is 0. The van der Waals surface area contributed by atoms with E-state index < -0.39 is 5.76 Å². The lowest BCUT2D eigenvalue weighted by Gasteiger charge is -2.38.